The highest BCUT2D eigenvalue weighted by molar-refractivity contribution is 8.00. The SMILES string of the molecule is CCC(C)(C)NC(=O)C(C)Sc1nccn1-c1ccc(OC)cc1. The van der Waals surface area contributed by atoms with Crippen molar-refractivity contribution in [1.82, 2.24) is 14.9 Å². The lowest BCUT2D eigenvalue weighted by Crippen LogP contribution is -2.46. The molecule has 0 spiro atoms. The van der Waals surface area contributed by atoms with E-state index in [2.05, 4.69) is 17.2 Å². The smallest absolute Gasteiger partial charge is 0.233 e. The lowest BCUT2D eigenvalue weighted by molar-refractivity contribution is -0.121. The Hall–Kier alpha value is -1.95. The lowest BCUT2D eigenvalue weighted by Gasteiger charge is -2.26. The summed E-state index contributed by atoms with van der Waals surface area (Å²) in [7, 11) is 1.64. The summed E-state index contributed by atoms with van der Waals surface area (Å²) < 4.78 is 7.16. The van der Waals surface area contributed by atoms with E-state index in [9.17, 15) is 4.79 Å². The monoisotopic (exact) mass is 347 g/mol. The van der Waals surface area contributed by atoms with Gasteiger partial charge in [0.15, 0.2) is 5.16 Å². The van der Waals surface area contributed by atoms with Crippen molar-refractivity contribution < 1.29 is 9.53 Å². The highest BCUT2D eigenvalue weighted by atomic mass is 32.2. The van der Waals surface area contributed by atoms with E-state index in [0.29, 0.717) is 0 Å². The molecule has 1 unspecified atom stereocenters. The average molecular weight is 347 g/mol. The van der Waals surface area contributed by atoms with Crippen LogP contribution in [-0.4, -0.2) is 33.4 Å². The van der Waals surface area contributed by atoms with Crippen LogP contribution in [0.15, 0.2) is 41.8 Å². The van der Waals surface area contributed by atoms with E-state index in [1.165, 1.54) is 11.8 Å². The average Bonchev–Trinajstić information content (AvgIpc) is 3.02. The molecule has 0 saturated carbocycles. The van der Waals surface area contributed by atoms with E-state index < -0.39 is 0 Å². The summed E-state index contributed by atoms with van der Waals surface area (Å²) in [4.78, 5) is 16.8. The lowest BCUT2D eigenvalue weighted by atomic mass is 10.0. The third-order valence-corrected chi connectivity index (χ3v) is 5.03. The number of thioether (sulfide) groups is 1. The van der Waals surface area contributed by atoms with Crippen LogP contribution in [0, 0.1) is 0 Å². The highest BCUT2D eigenvalue weighted by Gasteiger charge is 2.23. The Morgan fingerprint density at radius 1 is 1.38 bits per heavy atom. The van der Waals surface area contributed by atoms with E-state index in [1.807, 2.05) is 55.8 Å². The van der Waals surface area contributed by atoms with Crippen molar-refractivity contribution in [3.8, 4) is 11.4 Å². The minimum absolute atomic E-state index is 0.0242. The molecule has 0 aliphatic carbocycles. The summed E-state index contributed by atoms with van der Waals surface area (Å²) in [6.07, 6.45) is 4.52. The second kappa shape index (κ2) is 7.75. The minimum atomic E-state index is -0.227. The normalized spacial score (nSPS) is 12.7. The van der Waals surface area contributed by atoms with E-state index in [4.69, 9.17) is 4.74 Å². The van der Waals surface area contributed by atoms with E-state index in [-0.39, 0.29) is 16.7 Å². The molecule has 0 aliphatic heterocycles. The molecule has 1 aromatic carbocycles. The molecule has 0 radical (unpaired) electrons. The first-order valence-electron chi connectivity index (χ1n) is 8.02. The van der Waals surface area contributed by atoms with E-state index >= 15 is 0 Å². The van der Waals surface area contributed by atoms with Crippen LogP contribution < -0.4 is 10.1 Å². The molecule has 1 amide bonds. The molecule has 1 atom stereocenters. The molecular formula is C18H25N3O2S. The summed E-state index contributed by atoms with van der Waals surface area (Å²) in [5.74, 6) is 0.832. The van der Waals surface area contributed by atoms with Gasteiger partial charge < -0.3 is 10.1 Å². The molecule has 0 saturated heterocycles. The molecule has 1 N–H and O–H groups in total. The van der Waals surface area contributed by atoms with Crippen LogP contribution in [0.4, 0.5) is 0 Å². The number of rotatable bonds is 7. The van der Waals surface area contributed by atoms with E-state index in [0.717, 1.165) is 23.0 Å². The first kappa shape index (κ1) is 18.4. The van der Waals surface area contributed by atoms with Gasteiger partial charge in [-0.15, -0.1) is 0 Å². The summed E-state index contributed by atoms with van der Waals surface area (Å²) in [6, 6.07) is 7.75. The topological polar surface area (TPSA) is 56.2 Å². The number of aromatic nitrogens is 2. The molecule has 1 aromatic heterocycles. The summed E-state index contributed by atoms with van der Waals surface area (Å²) >= 11 is 1.45. The van der Waals surface area contributed by atoms with E-state index in [1.54, 1.807) is 13.3 Å². The third kappa shape index (κ3) is 4.54. The molecule has 0 bridgehead atoms. The summed E-state index contributed by atoms with van der Waals surface area (Å²) in [6.45, 7) is 8.02. The van der Waals surface area contributed by atoms with Gasteiger partial charge in [0.25, 0.3) is 0 Å². The van der Waals surface area contributed by atoms with Crippen molar-refractivity contribution >= 4 is 17.7 Å². The third-order valence-electron chi connectivity index (χ3n) is 3.95. The number of nitrogens with zero attached hydrogens (tertiary/aromatic N) is 2. The Morgan fingerprint density at radius 2 is 2.04 bits per heavy atom. The van der Waals surface area contributed by atoms with Crippen molar-refractivity contribution in [2.24, 2.45) is 0 Å². The number of carbonyl (C=O) groups is 1. The molecule has 24 heavy (non-hydrogen) atoms. The number of carbonyl (C=O) groups excluding carboxylic acids is 1. The zero-order valence-corrected chi connectivity index (χ0v) is 15.7. The second-order valence-electron chi connectivity index (χ2n) is 6.26. The largest absolute Gasteiger partial charge is 0.497 e. The number of methoxy groups -OCH3 is 1. The summed E-state index contributed by atoms with van der Waals surface area (Å²) in [5, 5.41) is 3.64. The van der Waals surface area contributed by atoms with Crippen LogP contribution in [0.2, 0.25) is 0 Å². The number of nitrogens with one attached hydrogen (secondary N) is 1. The first-order chi connectivity index (χ1) is 11.4. The fraction of sp³-hybridized carbons (Fsp3) is 0.444. The van der Waals surface area contributed by atoms with Crippen LogP contribution in [0.3, 0.4) is 0 Å². The Balaban J connectivity index is 2.11. The van der Waals surface area contributed by atoms with Crippen molar-refractivity contribution in [3.63, 3.8) is 0 Å². The first-order valence-corrected chi connectivity index (χ1v) is 8.90. The van der Waals surface area contributed by atoms with Crippen molar-refractivity contribution in [1.29, 1.82) is 0 Å². The standard InChI is InChI=1S/C18H25N3O2S/c1-6-18(3,4)20-16(22)13(2)24-17-19-11-12-21(17)14-7-9-15(23-5)10-8-14/h7-13H,6H2,1-5H3,(H,20,22). The van der Waals surface area contributed by atoms with Crippen LogP contribution in [0.25, 0.3) is 5.69 Å². The maximum atomic E-state index is 12.4. The number of hydrogen-bond donors (Lipinski definition) is 1. The number of hydrogen-bond acceptors (Lipinski definition) is 4. The quantitative estimate of drug-likeness (QED) is 0.777. The van der Waals surface area contributed by atoms with Gasteiger partial charge in [-0.1, -0.05) is 18.7 Å². The fourth-order valence-corrected chi connectivity index (χ4v) is 2.94. The second-order valence-corrected chi connectivity index (χ2v) is 7.57. The molecular weight excluding hydrogens is 322 g/mol. The predicted octanol–water partition coefficient (Wildman–Crippen LogP) is 3.67. The van der Waals surface area contributed by atoms with Crippen LogP contribution in [-0.2, 0) is 4.79 Å². The van der Waals surface area contributed by atoms with Crippen molar-refractivity contribution in [3.05, 3.63) is 36.7 Å². The predicted molar refractivity (Wildman–Crippen MR) is 97.9 cm³/mol. The van der Waals surface area contributed by atoms with Crippen LogP contribution in [0.5, 0.6) is 5.75 Å². The van der Waals surface area contributed by atoms with Gasteiger partial charge in [0.2, 0.25) is 5.91 Å². The molecule has 6 heteroatoms. The highest BCUT2D eigenvalue weighted by Crippen LogP contribution is 2.26. The van der Waals surface area contributed by atoms with Crippen LogP contribution in [0.1, 0.15) is 34.1 Å². The molecule has 0 aliphatic rings. The van der Waals surface area contributed by atoms with Gasteiger partial charge in [-0.05, 0) is 51.5 Å². The molecule has 1 heterocycles. The maximum Gasteiger partial charge on any atom is 0.233 e. The molecule has 2 aromatic rings. The molecule has 130 valence electrons. The molecule has 2 rings (SSSR count). The van der Waals surface area contributed by atoms with Gasteiger partial charge in [0.05, 0.1) is 12.4 Å². The van der Waals surface area contributed by atoms with Crippen molar-refractivity contribution in [2.45, 2.75) is 50.1 Å². The Labute approximate surface area is 147 Å². The van der Waals surface area contributed by atoms with Crippen LogP contribution >= 0.6 is 11.8 Å². The Kier molecular flexibility index (Phi) is 5.94. The van der Waals surface area contributed by atoms with Gasteiger partial charge in [-0.2, -0.15) is 0 Å². The minimum Gasteiger partial charge on any atom is -0.497 e. The van der Waals surface area contributed by atoms with Gasteiger partial charge in [0.1, 0.15) is 5.75 Å². The Bertz CT molecular complexity index is 680. The molecule has 5 nitrogen and oxygen atoms in total. The van der Waals surface area contributed by atoms with Gasteiger partial charge >= 0.3 is 0 Å². The zero-order valence-electron chi connectivity index (χ0n) is 14.9. The Morgan fingerprint density at radius 3 is 2.62 bits per heavy atom. The van der Waals surface area contributed by atoms with Gasteiger partial charge in [-0.25, -0.2) is 4.98 Å². The maximum absolute atomic E-state index is 12.4. The zero-order chi connectivity index (χ0) is 17.7. The number of imidazole rings is 1. The molecule has 0 fully saturated rings. The van der Waals surface area contributed by atoms with Crippen molar-refractivity contribution in [2.75, 3.05) is 7.11 Å². The number of benzene rings is 1. The number of ether oxygens (including phenoxy) is 1. The fourth-order valence-electron chi connectivity index (χ4n) is 2.05. The van der Waals surface area contributed by atoms with Gasteiger partial charge in [-0.3, -0.25) is 9.36 Å². The van der Waals surface area contributed by atoms with Gasteiger partial charge in [0, 0.05) is 23.6 Å². The number of amides is 1. The summed E-state index contributed by atoms with van der Waals surface area (Å²) in [5.41, 5.74) is 0.786.